The van der Waals surface area contributed by atoms with E-state index in [1.54, 1.807) is 14.2 Å². The highest BCUT2D eigenvalue weighted by Gasteiger charge is 2.26. The summed E-state index contributed by atoms with van der Waals surface area (Å²) >= 11 is 0. The van der Waals surface area contributed by atoms with Crippen LogP contribution in [-0.4, -0.2) is 51.0 Å². The van der Waals surface area contributed by atoms with Crippen molar-refractivity contribution in [2.24, 2.45) is 5.73 Å². The third kappa shape index (κ3) is 5.35. The summed E-state index contributed by atoms with van der Waals surface area (Å²) in [6, 6.07) is 11.3. The molecule has 1 aromatic heterocycles. The summed E-state index contributed by atoms with van der Waals surface area (Å²) in [5.74, 6) is 1.68. The van der Waals surface area contributed by atoms with E-state index in [1.165, 1.54) is 7.11 Å². The van der Waals surface area contributed by atoms with E-state index in [9.17, 15) is 9.59 Å². The first kappa shape index (κ1) is 25.9. The molecule has 1 aliphatic rings. The Labute approximate surface area is 216 Å². The highest BCUT2D eigenvalue weighted by Crippen LogP contribution is 2.39. The molecule has 0 saturated carbocycles. The van der Waals surface area contributed by atoms with Crippen molar-refractivity contribution >= 4 is 11.9 Å². The van der Waals surface area contributed by atoms with E-state index in [-0.39, 0.29) is 12.4 Å². The smallest absolute Gasteiger partial charge is 0.305 e. The van der Waals surface area contributed by atoms with Gasteiger partial charge in [0.1, 0.15) is 13.2 Å². The Morgan fingerprint density at radius 2 is 1.68 bits per heavy atom. The van der Waals surface area contributed by atoms with Crippen molar-refractivity contribution in [3.05, 3.63) is 58.9 Å². The van der Waals surface area contributed by atoms with E-state index in [1.807, 2.05) is 43.3 Å². The second-order valence-corrected chi connectivity index (χ2v) is 8.67. The number of primary amides is 1. The van der Waals surface area contributed by atoms with Gasteiger partial charge in [0, 0.05) is 23.5 Å². The number of hydrogen-bond acceptors (Lipinski definition) is 7. The molecule has 9 heteroatoms. The molecule has 0 spiro atoms. The highest BCUT2D eigenvalue weighted by molar-refractivity contribution is 6.02. The Hall–Kier alpha value is -4.14. The van der Waals surface area contributed by atoms with Crippen LogP contribution in [0.1, 0.15) is 33.7 Å². The fraction of sp³-hybridized carbons (Fsp3) is 0.357. The van der Waals surface area contributed by atoms with Crippen LogP contribution in [0, 0.1) is 6.92 Å². The highest BCUT2D eigenvalue weighted by atomic mass is 16.6. The molecule has 0 fully saturated rings. The summed E-state index contributed by atoms with van der Waals surface area (Å²) in [6.45, 7) is 3.36. The lowest BCUT2D eigenvalue weighted by Crippen LogP contribution is -2.15. The minimum Gasteiger partial charge on any atom is -0.493 e. The van der Waals surface area contributed by atoms with Crippen LogP contribution in [0.15, 0.2) is 36.4 Å². The van der Waals surface area contributed by atoms with E-state index < -0.39 is 5.91 Å². The monoisotopic (exact) mass is 508 g/mol. The Bertz CT molecular complexity index is 1310. The summed E-state index contributed by atoms with van der Waals surface area (Å²) in [6.07, 6.45) is 1.18. The third-order valence-electron chi connectivity index (χ3n) is 6.57. The van der Waals surface area contributed by atoms with Crippen molar-refractivity contribution < 1.29 is 33.3 Å². The summed E-state index contributed by atoms with van der Waals surface area (Å²) < 4.78 is 29.2. The lowest BCUT2D eigenvalue weighted by molar-refractivity contribution is -0.140. The SMILES string of the molecule is COC(=O)CCc1c(-c2ccc3c(c2)OCCO3)c(C(N)=O)c(C)n1CCc1ccc(OC)c(OC)c1. The topological polar surface area (TPSA) is 111 Å². The van der Waals surface area contributed by atoms with Crippen LogP contribution >= 0.6 is 0 Å². The van der Waals surface area contributed by atoms with Crippen molar-refractivity contribution in [1.82, 2.24) is 4.57 Å². The largest absolute Gasteiger partial charge is 0.493 e. The molecular weight excluding hydrogens is 476 g/mol. The van der Waals surface area contributed by atoms with Crippen LogP contribution in [0.5, 0.6) is 23.0 Å². The van der Waals surface area contributed by atoms with Crippen molar-refractivity contribution in [3.8, 4) is 34.1 Å². The maximum Gasteiger partial charge on any atom is 0.305 e. The average Bonchev–Trinajstić information content (AvgIpc) is 3.20. The summed E-state index contributed by atoms with van der Waals surface area (Å²) in [5.41, 5.74) is 10.4. The summed E-state index contributed by atoms with van der Waals surface area (Å²) in [4.78, 5) is 24.8. The molecule has 37 heavy (non-hydrogen) atoms. The van der Waals surface area contributed by atoms with Crippen molar-refractivity contribution in [1.29, 1.82) is 0 Å². The number of benzene rings is 2. The van der Waals surface area contributed by atoms with Crippen LogP contribution in [0.3, 0.4) is 0 Å². The Morgan fingerprint density at radius 1 is 0.946 bits per heavy atom. The predicted octanol–water partition coefficient (Wildman–Crippen LogP) is 3.70. The maximum absolute atomic E-state index is 12.7. The first-order chi connectivity index (χ1) is 17.9. The van der Waals surface area contributed by atoms with Gasteiger partial charge >= 0.3 is 5.97 Å². The molecule has 2 heterocycles. The number of amides is 1. The number of fused-ring (bicyclic) bond motifs is 1. The molecule has 2 aromatic carbocycles. The fourth-order valence-electron chi connectivity index (χ4n) is 4.77. The number of methoxy groups -OCH3 is 3. The van der Waals surface area contributed by atoms with Crippen LogP contribution in [0.25, 0.3) is 11.1 Å². The summed E-state index contributed by atoms with van der Waals surface area (Å²) in [5, 5.41) is 0. The molecule has 3 aromatic rings. The first-order valence-electron chi connectivity index (χ1n) is 12.1. The Kier molecular flexibility index (Phi) is 7.91. The van der Waals surface area contributed by atoms with E-state index >= 15 is 0 Å². The minimum atomic E-state index is -0.536. The van der Waals surface area contributed by atoms with Crippen LogP contribution < -0.4 is 24.7 Å². The third-order valence-corrected chi connectivity index (χ3v) is 6.57. The van der Waals surface area contributed by atoms with E-state index in [0.717, 1.165) is 22.5 Å². The second-order valence-electron chi connectivity index (χ2n) is 8.67. The lowest BCUT2D eigenvalue weighted by Gasteiger charge is -2.19. The number of nitrogens with zero attached hydrogens (tertiary/aromatic N) is 1. The molecule has 1 amide bonds. The van der Waals surface area contributed by atoms with Crippen molar-refractivity contribution in [2.75, 3.05) is 34.5 Å². The van der Waals surface area contributed by atoms with E-state index in [4.69, 9.17) is 29.4 Å². The predicted molar refractivity (Wildman–Crippen MR) is 138 cm³/mol. The van der Waals surface area contributed by atoms with E-state index in [0.29, 0.717) is 66.7 Å². The number of nitrogens with two attached hydrogens (primary N) is 1. The Balaban J connectivity index is 1.79. The quantitative estimate of drug-likeness (QED) is 0.416. The van der Waals surface area contributed by atoms with Gasteiger partial charge in [0.2, 0.25) is 0 Å². The normalized spacial score (nSPS) is 12.2. The number of aromatic nitrogens is 1. The molecule has 0 bridgehead atoms. The van der Waals surface area contributed by atoms with Gasteiger partial charge in [-0.1, -0.05) is 12.1 Å². The first-order valence-corrected chi connectivity index (χ1v) is 12.1. The standard InChI is InChI=1S/C28H32N2O7/c1-17-26(28(29)32)27(19-6-9-22-24(16-19)37-14-13-36-22)20(7-10-25(31)35-4)30(17)12-11-18-5-8-21(33-2)23(15-18)34-3/h5-6,8-9,15-16H,7,10-14H2,1-4H3,(H2,29,32). The molecule has 9 nitrogen and oxygen atoms in total. The molecule has 0 saturated heterocycles. The zero-order valence-electron chi connectivity index (χ0n) is 21.6. The Morgan fingerprint density at radius 3 is 2.35 bits per heavy atom. The van der Waals surface area contributed by atoms with Crippen molar-refractivity contribution in [3.63, 3.8) is 0 Å². The number of aryl methyl sites for hydroxylation is 1. The molecule has 0 unspecified atom stereocenters. The number of carbonyl (C=O) groups excluding carboxylic acids is 2. The van der Waals surface area contributed by atoms with Crippen LogP contribution in [0.2, 0.25) is 0 Å². The number of esters is 1. The van der Waals surface area contributed by atoms with Crippen molar-refractivity contribution in [2.45, 2.75) is 32.7 Å². The molecular formula is C28H32N2O7. The summed E-state index contributed by atoms with van der Waals surface area (Å²) in [7, 11) is 4.56. The number of rotatable bonds is 10. The second kappa shape index (κ2) is 11.3. The van der Waals surface area contributed by atoms with Gasteiger partial charge in [-0.05, 0) is 55.2 Å². The van der Waals surface area contributed by atoms with Gasteiger partial charge < -0.3 is 34.0 Å². The molecule has 1 aliphatic heterocycles. The van der Waals surface area contributed by atoms with Crippen LogP contribution in [-0.2, 0) is 28.9 Å². The van der Waals surface area contributed by atoms with Gasteiger partial charge in [-0.2, -0.15) is 0 Å². The molecule has 2 N–H and O–H groups in total. The van der Waals surface area contributed by atoms with Crippen LogP contribution in [0.4, 0.5) is 0 Å². The average molecular weight is 509 g/mol. The molecule has 4 rings (SSSR count). The van der Waals surface area contributed by atoms with Gasteiger partial charge in [0.25, 0.3) is 5.91 Å². The molecule has 0 atom stereocenters. The number of carbonyl (C=O) groups is 2. The zero-order chi connectivity index (χ0) is 26.5. The van der Waals surface area contributed by atoms with Gasteiger partial charge in [-0.15, -0.1) is 0 Å². The molecule has 0 radical (unpaired) electrons. The molecule has 0 aliphatic carbocycles. The number of hydrogen-bond donors (Lipinski definition) is 1. The van der Waals surface area contributed by atoms with Gasteiger partial charge in [-0.25, -0.2) is 0 Å². The lowest BCUT2D eigenvalue weighted by atomic mass is 9.97. The maximum atomic E-state index is 12.7. The van der Waals surface area contributed by atoms with Gasteiger partial charge in [0.05, 0.1) is 33.3 Å². The minimum absolute atomic E-state index is 0.159. The van der Waals surface area contributed by atoms with Gasteiger partial charge in [-0.3, -0.25) is 9.59 Å². The fourth-order valence-corrected chi connectivity index (χ4v) is 4.77. The van der Waals surface area contributed by atoms with E-state index in [2.05, 4.69) is 4.57 Å². The molecule has 196 valence electrons. The zero-order valence-corrected chi connectivity index (χ0v) is 21.6. The van der Waals surface area contributed by atoms with Gasteiger partial charge in [0.15, 0.2) is 23.0 Å². The number of ether oxygens (including phenoxy) is 5.